The average molecular weight is 554 g/mol. The first kappa shape index (κ1) is 28.0. The summed E-state index contributed by atoms with van der Waals surface area (Å²) in [6, 6.07) is 31.5. The lowest BCUT2D eigenvalue weighted by atomic mass is 9.77. The van der Waals surface area contributed by atoms with Crippen molar-refractivity contribution in [3.05, 3.63) is 108 Å². The second kappa shape index (κ2) is 10.6. The Balaban J connectivity index is 1.56. The summed E-state index contributed by atoms with van der Waals surface area (Å²) in [4.78, 5) is 15.0. The van der Waals surface area contributed by atoms with Crippen LogP contribution in [0.5, 0.6) is 0 Å². The number of nitrogens with zero attached hydrogens (tertiary/aromatic N) is 3. The molecular weight excluding hydrogens is 517 g/mol. The number of benzene rings is 4. The van der Waals surface area contributed by atoms with E-state index in [9.17, 15) is 0 Å². The van der Waals surface area contributed by atoms with E-state index in [1.54, 1.807) is 0 Å². The van der Waals surface area contributed by atoms with Crippen molar-refractivity contribution >= 4 is 12.6 Å². The minimum Gasteiger partial charge on any atom is -0.399 e. The molecule has 4 aromatic carbocycles. The zero-order valence-electron chi connectivity index (χ0n) is 25.4. The molecule has 6 rings (SSSR count). The van der Waals surface area contributed by atoms with E-state index >= 15 is 0 Å². The largest absolute Gasteiger partial charge is 0.494 e. The molecule has 1 aliphatic heterocycles. The van der Waals surface area contributed by atoms with Gasteiger partial charge in [-0.1, -0.05) is 89.5 Å². The SMILES string of the molecule is Cc1ccc(-c2cc(B3OC(C)(C)C(C)(C)O3)cc(-c3nc(-c4cccc(C)c4)nc(-c4cccc(C)c4)n3)c2)cc1. The Kier molecular flexibility index (Phi) is 7.08. The topological polar surface area (TPSA) is 57.1 Å². The van der Waals surface area contributed by atoms with Crippen molar-refractivity contribution in [1.29, 1.82) is 0 Å². The van der Waals surface area contributed by atoms with Gasteiger partial charge in [0.25, 0.3) is 0 Å². The van der Waals surface area contributed by atoms with Crippen LogP contribution in [0.2, 0.25) is 0 Å². The van der Waals surface area contributed by atoms with Gasteiger partial charge < -0.3 is 9.31 Å². The van der Waals surface area contributed by atoms with E-state index in [0.717, 1.165) is 44.4 Å². The lowest BCUT2D eigenvalue weighted by Crippen LogP contribution is -2.41. The molecule has 0 atom stereocenters. The van der Waals surface area contributed by atoms with Gasteiger partial charge in [0.15, 0.2) is 17.5 Å². The molecule has 0 aliphatic carbocycles. The molecule has 1 aromatic heterocycles. The maximum absolute atomic E-state index is 6.49. The summed E-state index contributed by atoms with van der Waals surface area (Å²) in [6.07, 6.45) is 0. The first-order chi connectivity index (χ1) is 20.0. The highest BCUT2D eigenvalue weighted by Crippen LogP contribution is 2.37. The van der Waals surface area contributed by atoms with E-state index < -0.39 is 18.3 Å². The normalized spacial score (nSPS) is 15.6. The molecule has 0 spiro atoms. The van der Waals surface area contributed by atoms with Gasteiger partial charge in [-0.3, -0.25) is 0 Å². The summed E-state index contributed by atoms with van der Waals surface area (Å²) >= 11 is 0. The molecule has 42 heavy (non-hydrogen) atoms. The van der Waals surface area contributed by atoms with E-state index in [1.165, 1.54) is 5.56 Å². The molecule has 0 saturated carbocycles. The highest BCUT2D eigenvalue weighted by molar-refractivity contribution is 6.62. The second-order valence-corrected chi connectivity index (χ2v) is 12.3. The van der Waals surface area contributed by atoms with Crippen molar-refractivity contribution in [3.63, 3.8) is 0 Å². The molecule has 1 fully saturated rings. The van der Waals surface area contributed by atoms with Crippen LogP contribution < -0.4 is 5.46 Å². The molecule has 2 heterocycles. The van der Waals surface area contributed by atoms with Gasteiger partial charge in [0.2, 0.25) is 0 Å². The van der Waals surface area contributed by atoms with Gasteiger partial charge in [-0.05, 0) is 83.3 Å². The number of aryl methyl sites for hydroxylation is 3. The highest BCUT2D eigenvalue weighted by atomic mass is 16.7. The van der Waals surface area contributed by atoms with Gasteiger partial charge in [0, 0.05) is 16.7 Å². The molecule has 5 aromatic rings. The number of hydrogen-bond donors (Lipinski definition) is 0. The Morgan fingerprint density at radius 1 is 0.476 bits per heavy atom. The van der Waals surface area contributed by atoms with E-state index in [-0.39, 0.29) is 0 Å². The summed E-state index contributed by atoms with van der Waals surface area (Å²) < 4.78 is 13.0. The lowest BCUT2D eigenvalue weighted by molar-refractivity contribution is 0.00578. The minimum absolute atomic E-state index is 0.457. The molecule has 1 saturated heterocycles. The fourth-order valence-electron chi connectivity index (χ4n) is 5.14. The van der Waals surface area contributed by atoms with Crippen LogP contribution >= 0.6 is 0 Å². The predicted octanol–water partition coefficient (Wildman–Crippen LogP) is 7.76. The van der Waals surface area contributed by atoms with Crippen LogP contribution in [0.15, 0.2) is 91.0 Å². The fourth-order valence-corrected chi connectivity index (χ4v) is 5.14. The molecule has 0 amide bonds. The summed E-state index contributed by atoms with van der Waals surface area (Å²) in [7, 11) is -0.520. The van der Waals surface area contributed by atoms with Gasteiger partial charge >= 0.3 is 7.12 Å². The first-order valence-electron chi connectivity index (χ1n) is 14.5. The Bertz CT molecular complexity index is 1700. The zero-order valence-corrected chi connectivity index (χ0v) is 25.4. The fraction of sp³-hybridized carbons (Fsp3) is 0.250. The molecule has 6 heteroatoms. The van der Waals surface area contributed by atoms with Crippen molar-refractivity contribution in [1.82, 2.24) is 15.0 Å². The smallest absolute Gasteiger partial charge is 0.399 e. The maximum Gasteiger partial charge on any atom is 0.494 e. The second-order valence-electron chi connectivity index (χ2n) is 12.3. The Labute approximate surface area is 249 Å². The van der Waals surface area contributed by atoms with Crippen LogP contribution in [0.1, 0.15) is 44.4 Å². The summed E-state index contributed by atoms with van der Waals surface area (Å²) in [5.74, 6) is 1.88. The molecule has 1 aliphatic rings. The average Bonchev–Trinajstić information content (AvgIpc) is 3.19. The van der Waals surface area contributed by atoms with Gasteiger partial charge in [0.1, 0.15) is 0 Å². The third-order valence-electron chi connectivity index (χ3n) is 8.31. The summed E-state index contributed by atoms with van der Waals surface area (Å²) in [5.41, 5.74) is 8.46. The summed E-state index contributed by atoms with van der Waals surface area (Å²) in [5, 5.41) is 0. The van der Waals surface area contributed by atoms with Gasteiger partial charge in [-0.15, -0.1) is 0 Å². The third kappa shape index (κ3) is 5.52. The number of hydrogen-bond acceptors (Lipinski definition) is 5. The van der Waals surface area contributed by atoms with Gasteiger partial charge in [-0.2, -0.15) is 0 Å². The molecule has 0 bridgehead atoms. The van der Waals surface area contributed by atoms with Crippen LogP contribution in [0, 0.1) is 20.8 Å². The minimum atomic E-state index is -0.520. The van der Waals surface area contributed by atoms with Crippen LogP contribution in [-0.2, 0) is 9.31 Å². The van der Waals surface area contributed by atoms with Crippen molar-refractivity contribution in [2.24, 2.45) is 0 Å². The van der Waals surface area contributed by atoms with Crippen molar-refractivity contribution in [3.8, 4) is 45.3 Å². The monoisotopic (exact) mass is 553 g/mol. The molecule has 210 valence electrons. The molecule has 0 N–H and O–H groups in total. The zero-order chi connectivity index (χ0) is 29.6. The van der Waals surface area contributed by atoms with Crippen LogP contribution in [-0.4, -0.2) is 33.3 Å². The van der Waals surface area contributed by atoms with E-state index in [1.807, 2.05) is 24.3 Å². The van der Waals surface area contributed by atoms with Crippen molar-refractivity contribution < 1.29 is 9.31 Å². The van der Waals surface area contributed by atoms with E-state index in [0.29, 0.717) is 17.5 Å². The highest BCUT2D eigenvalue weighted by Gasteiger charge is 2.51. The molecule has 0 unspecified atom stereocenters. The Hall–Kier alpha value is -4.13. The van der Waals surface area contributed by atoms with E-state index in [4.69, 9.17) is 24.3 Å². The quantitative estimate of drug-likeness (QED) is 0.208. The molecule has 5 nitrogen and oxygen atoms in total. The van der Waals surface area contributed by atoms with Gasteiger partial charge in [-0.25, -0.2) is 15.0 Å². The maximum atomic E-state index is 6.49. The van der Waals surface area contributed by atoms with E-state index in [2.05, 4.69) is 115 Å². The third-order valence-corrected chi connectivity index (χ3v) is 8.31. The molecule has 0 radical (unpaired) electrons. The molecular formula is C36H36BN3O2. The number of aromatic nitrogens is 3. The number of rotatable bonds is 5. The van der Waals surface area contributed by atoms with Crippen molar-refractivity contribution in [2.75, 3.05) is 0 Å². The van der Waals surface area contributed by atoms with Crippen LogP contribution in [0.25, 0.3) is 45.3 Å². The Morgan fingerprint density at radius 2 is 0.952 bits per heavy atom. The lowest BCUT2D eigenvalue weighted by Gasteiger charge is -2.32. The predicted molar refractivity (Wildman–Crippen MR) is 171 cm³/mol. The van der Waals surface area contributed by atoms with Crippen LogP contribution in [0.4, 0.5) is 0 Å². The standard InChI is InChI=1S/C36H36BN3O2/c1-23-14-16-26(17-15-23)29-20-30(22-31(21-29)37-41-35(4,5)36(6,7)42-37)34-39-32(27-12-8-10-24(2)18-27)38-33(40-34)28-13-9-11-25(3)19-28/h8-22H,1-7H3. The Morgan fingerprint density at radius 3 is 1.45 bits per heavy atom. The first-order valence-corrected chi connectivity index (χ1v) is 14.5. The van der Waals surface area contributed by atoms with Crippen molar-refractivity contribution in [2.45, 2.75) is 59.7 Å². The summed E-state index contributed by atoms with van der Waals surface area (Å²) in [6.45, 7) is 14.6. The van der Waals surface area contributed by atoms with Gasteiger partial charge in [0.05, 0.1) is 11.2 Å². The van der Waals surface area contributed by atoms with Crippen LogP contribution in [0.3, 0.4) is 0 Å².